The Kier molecular flexibility index (Phi) is 2.52. The minimum atomic E-state index is 0.661. The Balaban J connectivity index is 1.92. The van der Waals surface area contributed by atoms with E-state index in [0.717, 1.165) is 18.7 Å². The number of nitrogens with zero attached hydrogens (tertiary/aromatic N) is 4. The first-order valence-electron chi connectivity index (χ1n) is 6.09. The average molecular weight is 230 g/mol. The van der Waals surface area contributed by atoms with Crippen LogP contribution >= 0.6 is 0 Å². The molecule has 2 aromatic heterocycles. The molecule has 90 valence electrons. The SMILES string of the molecule is CN(C)[C@H]1CCN(c2cccc3nccn23)C1. The van der Waals surface area contributed by atoms with Crippen LogP contribution in [0.2, 0.25) is 0 Å². The summed E-state index contributed by atoms with van der Waals surface area (Å²) in [5.74, 6) is 1.25. The summed E-state index contributed by atoms with van der Waals surface area (Å²) in [5.41, 5.74) is 1.02. The van der Waals surface area contributed by atoms with E-state index in [9.17, 15) is 0 Å². The zero-order valence-corrected chi connectivity index (χ0v) is 10.4. The van der Waals surface area contributed by atoms with Gasteiger partial charge in [0.15, 0.2) is 0 Å². The van der Waals surface area contributed by atoms with Crippen molar-refractivity contribution in [2.75, 3.05) is 32.1 Å². The van der Waals surface area contributed by atoms with Crippen LogP contribution in [-0.4, -0.2) is 47.5 Å². The second-order valence-electron chi connectivity index (χ2n) is 4.89. The van der Waals surface area contributed by atoms with Crippen molar-refractivity contribution in [3.63, 3.8) is 0 Å². The maximum atomic E-state index is 4.33. The fourth-order valence-corrected chi connectivity index (χ4v) is 2.56. The number of imidazole rings is 1. The number of hydrogen-bond acceptors (Lipinski definition) is 3. The molecule has 0 amide bonds. The Morgan fingerprint density at radius 3 is 3.00 bits per heavy atom. The topological polar surface area (TPSA) is 23.8 Å². The number of rotatable bonds is 2. The van der Waals surface area contributed by atoms with Gasteiger partial charge in [0.2, 0.25) is 0 Å². The van der Waals surface area contributed by atoms with Gasteiger partial charge in [0.05, 0.1) is 0 Å². The maximum Gasteiger partial charge on any atom is 0.138 e. The van der Waals surface area contributed by atoms with E-state index in [1.165, 1.54) is 12.2 Å². The smallest absolute Gasteiger partial charge is 0.138 e. The molecule has 0 aliphatic carbocycles. The summed E-state index contributed by atoms with van der Waals surface area (Å²) in [6, 6.07) is 6.96. The van der Waals surface area contributed by atoms with E-state index < -0.39 is 0 Å². The van der Waals surface area contributed by atoms with E-state index >= 15 is 0 Å². The van der Waals surface area contributed by atoms with Gasteiger partial charge in [0.1, 0.15) is 11.5 Å². The van der Waals surface area contributed by atoms with Crippen molar-refractivity contribution in [3.8, 4) is 0 Å². The molecule has 0 saturated carbocycles. The Bertz CT molecular complexity index is 517. The first kappa shape index (κ1) is 10.6. The molecular weight excluding hydrogens is 212 g/mol. The zero-order chi connectivity index (χ0) is 11.8. The normalized spacial score (nSPS) is 20.6. The Labute approximate surface area is 101 Å². The minimum Gasteiger partial charge on any atom is -0.356 e. The third-order valence-corrected chi connectivity index (χ3v) is 3.62. The number of aromatic nitrogens is 2. The third-order valence-electron chi connectivity index (χ3n) is 3.62. The van der Waals surface area contributed by atoms with Gasteiger partial charge in [-0.15, -0.1) is 0 Å². The second kappa shape index (κ2) is 4.04. The molecule has 0 unspecified atom stereocenters. The summed E-state index contributed by atoms with van der Waals surface area (Å²) >= 11 is 0. The van der Waals surface area contributed by atoms with Crippen LogP contribution in [0.15, 0.2) is 30.6 Å². The second-order valence-corrected chi connectivity index (χ2v) is 4.89. The number of anilines is 1. The fraction of sp³-hybridized carbons (Fsp3) is 0.462. The Morgan fingerprint density at radius 1 is 1.35 bits per heavy atom. The van der Waals surface area contributed by atoms with Gasteiger partial charge in [-0.25, -0.2) is 4.98 Å². The van der Waals surface area contributed by atoms with Crippen molar-refractivity contribution in [2.45, 2.75) is 12.5 Å². The summed E-state index contributed by atoms with van der Waals surface area (Å²) in [4.78, 5) is 9.09. The highest BCUT2D eigenvalue weighted by molar-refractivity contribution is 5.52. The molecule has 0 spiro atoms. The van der Waals surface area contributed by atoms with Crippen LogP contribution in [0.3, 0.4) is 0 Å². The number of pyridine rings is 1. The van der Waals surface area contributed by atoms with Crippen molar-refractivity contribution in [2.24, 2.45) is 0 Å². The van der Waals surface area contributed by atoms with E-state index in [-0.39, 0.29) is 0 Å². The molecule has 2 aromatic rings. The molecule has 4 heteroatoms. The van der Waals surface area contributed by atoms with E-state index in [1.54, 1.807) is 0 Å². The molecule has 1 atom stereocenters. The van der Waals surface area contributed by atoms with E-state index in [0.29, 0.717) is 6.04 Å². The largest absolute Gasteiger partial charge is 0.356 e. The monoisotopic (exact) mass is 230 g/mol. The van der Waals surface area contributed by atoms with Gasteiger partial charge >= 0.3 is 0 Å². The molecular formula is C13H18N4. The van der Waals surface area contributed by atoms with E-state index in [4.69, 9.17) is 0 Å². The lowest BCUT2D eigenvalue weighted by Gasteiger charge is -2.22. The number of fused-ring (bicyclic) bond motifs is 1. The van der Waals surface area contributed by atoms with Crippen LogP contribution in [0.4, 0.5) is 5.82 Å². The molecule has 4 nitrogen and oxygen atoms in total. The highest BCUT2D eigenvalue weighted by Gasteiger charge is 2.25. The maximum absolute atomic E-state index is 4.33. The summed E-state index contributed by atoms with van der Waals surface area (Å²) in [7, 11) is 4.32. The molecule has 3 heterocycles. The molecule has 1 fully saturated rings. The highest BCUT2D eigenvalue weighted by atomic mass is 15.3. The lowest BCUT2D eigenvalue weighted by atomic mass is 10.2. The fourth-order valence-electron chi connectivity index (χ4n) is 2.56. The van der Waals surface area contributed by atoms with Gasteiger partial charge in [-0.1, -0.05) is 6.07 Å². The predicted molar refractivity (Wildman–Crippen MR) is 69.5 cm³/mol. The molecule has 0 radical (unpaired) electrons. The van der Waals surface area contributed by atoms with Gasteiger partial charge in [0.25, 0.3) is 0 Å². The first-order chi connectivity index (χ1) is 8.25. The Morgan fingerprint density at radius 2 is 2.24 bits per heavy atom. The Hall–Kier alpha value is -1.55. The van der Waals surface area contributed by atoms with Crippen molar-refractivity contribution in [3.05, 3.63) is 30.6 Å². The van der Waals surface area contributed by atoms with Crippen LogP contribution in [0.1, 0.15) is 6.42 Å². The molecule has 0 bridgehead atoms. The van der Waals surface area contributed by atoms with Crippen LogP contribution in [0.25, 0.3) is 5.65 Å². The van der Waals surface area contributed by atoms with Gasteiger partial charge < -0.3 is 9.80 Å². The van der Waals surface area contributed by atoms with Crippen LogP contribution < -0.4 is 4.90 Å². The van der Waals surface area contributed by atoms with Gasteiger partial charge in [-0.2, -0.15) is 0 Å². The summed E-state index contributed by atoms with van der Waals surface area (Å²) < 4.78 is 2.16. The molecule has 17 heavy (non-hydrogen) atoms. The minimum absolute atomic E-state index is 0.661. The highest BCUT2D eigenvalue weighted by Crippen LogP contribution is 2.22. The van der Waals surface area contributed by atoms with Gasteiger partial charge in [0, 0.05) is 31.5 Å². The molecule has 1 aliphatic rings. The summed E-state index contributed by atoms with van der Waals surface area (Å²) in [5, 5.41) is 0. The molecule has 3 rings (SSSR count). The first-order valence-corrected chi connectivity index (χ1v) is 6.09. The van der Waals surface area contributed by atoms with Crippen molar-refractivity contribution < 1.29 is 0 Å². The number of hydrogen-bond donors (Lipinski definition) is 0. The lowest BCUT2D eigenvalue weighted by Crippen LogP contribution is -2.32. The molecule has 0 N–H and O–H groups in total. The quantitative estimate of drug-likeness (QED) is 0.780. The zero-order valence-electron chi connectivity index (χ0n) is 10.4. The standard InChI is InChI=1S/C13H18N4/c1-15(2)11-6-8-16(10-11)13-5-3-4-12-14-7-9-17(12)13/h3-5,7,9,11H,6,8,10H2,1-2H3/t11-/m0/s1. The third kappa shape index (κ3) is 1.78. The molecule has 0 aromatic carbocycles. The van der Waals surface area contributed by atoms with Crippen LogP contribution in [0.5, 0.6) is 0 Å². The van der Waals surface area contributed by atoms with Crippen LogP contribution in [0, 0.1) is 0 Å². The summed E-state index contributed by atoms with van der Waals surface area (Å²) in [6.45, 7) is 2.23. The van der Waals surface area contributed by atoms with Crippen molar-refractivity contribution in [1.82, 2.24) is 14.3 Å². The average Bonchev–Trinajstić information content (AvgIpc) is 2.97. The van der Waals surface area contributed by atoms with E-state index in [1.807, 2.05) is 18.5 Å². The predicted octanol–water partition coefficient (Wildman–Crippen LogP) is 1.47. The van der Waals surface area contributed by atoms with Crippen LogP contribution in [-0.2, 0) is 0 Å². The van der Waals surface area contributed by atoms with Crippen molar-refractivity contribution in [1.29, 1.82) is 0 Å². The molecule has 1 aliphatic heterocycles. The summed E-state index contributed by atoms with van der Waals surface area (Å²) in [6.07, 6.45) is 5.13. The molecule has 1 saturated heterocycles. The van der Waals surface area contributed by atoms with Gasteiger partial charge in [-0.05, 0) is 32.6 Å². The van der Waals surface area contributed by atoms with Gasteiger partial charge in [-0.3, -0.25) is 4.40 Å². The van der Waals surface area contributed by atoms with E-state index in [2.05, 4.69) is 45.4 Å². The lowest BCUT2D eigenvalue weighted by molar-refractivity contribution is 0.315. The number of likely N-dealkylation sites (N-methyl/N-ethyl adjacent to an activating group) is 1. The van der Waals surface area contributed by atoms with Crippen molar-refractivity contribution >= 4 is 11.5 Å².